The molecule has 4 aromatic carbocycles. The first-order valence-electron chi connectivity index (χ1n) is 13.1. The molecule has 0 atom stereocenters. The Morgan fingerprint density at radius 3 is 2.15 bits per heavy atom. The van der Waals surface area contributed by atoms with Gasteiger partial charge in [-0.25, -0.2) is 0 Å². The number of benzene rings is 4. The topological polar surface area (TPSA) is 56.7 Å². The molecule has 5 nitrogen and oxygen atoms in total. The lowest BCUT2D eigenvalue weighted by atomic mass is 9.82. The van der Waals surface area contributed by atoms with Gasteiger partial charge in [0.05, 0.1) is 16.6 Å². The molecule has 3 aromatic heterocycles. The Morgan fingerprint density at radius 2 is 1.36 bits per heavy atom. The minimum Gasteiger partial charge on any atom is -0.416 e. The molecule has 0 unspecified atom stereocenters. The fourth-order valence-electron chi connectivity index (χ4n) is 6.09. The van der Waals surface area contributed by atoms with Gasteiger partial charge in [-0.2, -0.15) is 0 Å². The summed E-state index contributed by atoms with van der Waals surface area (Å²) in [6.07, 6.45) is 1.88. The zero-order valence-corrected chi connectivity index (χ0v) is 21.6. The summed E-state index contributed by atoms with van der Waals surface area (Å²) in [7, 11) is 0. The third kappa shape index (κ3) is 3.16. The first-order valence-corrected chi connectivity index (χ1v) is 13.1. The molecule has 0 bridgehead atoms. The summed E-state index contributed by atoms with van der Waals surface area (Å²) in [6, 6.07) is 35.7. The Balaban J connectivity index is 1.28. The van der Waals surface area contributed by atoms with Crippen molar-refractivity contribution in [2.45, 2.75) is 19.3 Å². The molecule has 0 N–H and O–H groups in total. The minimum absolute atomic E-state index is 0.0619. The molecule has 3 heterocycles. The summed E-state index contributed by atoms with van der Waals surface area (Å²) in [4.78, 5) is 4.82. The highest BCUT2D eigenvalue weighted by Gasteiger charge is 2.36. The fourth-order valence-corrected chi connectivity index (χ4v) is 6.09. The molecular formula is C34H24N4O. The zero-order chi connectivity index (χ0) is 26.1. The van der Waals surface area contributed by atoms with E-state index in [9.17, 15) is 0 Å². The molecule has 1 aliphatic rings. The van der Waals surface area contributed by atoms with Crippen molar-refractivity contribution in [3.63, 3.8) is 0 Å². The Morgan fingerprint density at radius 1 is 0.641 bits per heavy atom. The molecular weight excluding hydrogens is 480 g/mol. The molecule has 0 saturated heterocycles. The van der Waals surface area contributed by atoms with Gasteiger partial charge in [0.15, 0.2) is 0 Å². The largest absolute Gasteiger partial charge is 0.416 e. The van der Waals surface area contributed by atoms with Crippen molar-refractivity contribution < 1.29 is 4.42 Å². The minimum atomic E-state index is -0.0619. The summed E-state index contributed by atoms with van der Waals surface area (Å²) in [6.45, 7) is 4.63. The van der Waals surface area contributed by atoms with Gasteiger partial charge in [0.1, 0.15) is 0 Å². The van der Waals surface area contributed by atoms with Crippen LogP contribution in [0.2, 0.25) is 0 Å². The van der Waals surface area contributed by atoms with Crippen LogP contribution in [0.15, 0.2) is 114 Å². The monoisotopic (exact) mass is 504 g/mol. The molecule has 0 spiro atoms. The van der Waals surface area contributed by atoms with Gasteiger partial charge in [0, 0.05) is 33.8 Å². The van der Waals surface area contributed by atoms with Gasteiger partial charge in [-0.3, -0.25) is 4.98 Å². The maximum atomic E-state index is 5.99. The van der Waals surface area contributed by atoms with E-state index < -0.39 is 0 Å². The van der Waals surface area contributed by atoms with E-state index in [2.05, 4.69) is 83.2 Å². The highest BCUT2D eigenvalue weighted by molar-refractivity contribution is 6.09. The maximum absolute atomic E-state index is 5.99. The number of fused-ring (bicyclic) bond motifs is 6. The molecule has 0 radical (unpaired) electrons. The van der Waals surface area contributed by atoms with Gasteiger partial charge in [-0.1, -0.05) is 56.3 Å². The van der Waals surface area contributed by atoms with Crippen LogP contribution in [-0.4, -0.2) is 19.7 Å². The van der Waals surface area contributed by atoms with E-state index in [4.69, 9.17) is 9.40 Å². The van der Waals surface area contributed by atoms with Crippen LogP contribution >= 0.6 is 0 Å². The quantitative estimate of drug-likeness (QED) is 0.243. The number of rotatable bonds is 3. The second kappa shape index (κ2) is 7.98. The summed E-state index contributed by atoms with van der Waals surface area (Å²) >= 11 is 0. The van der Waals surface area contributed by atoms with Crippen molar-refractivity contribution in [1.29, 1.82) is 0 Å². The first-order chi connectivity index (χ1) is 19.1. The second-order valence-electron chi connectivity index (χ2n) is 10.6. The Labute approximate surface area is 225 Å². The summed E-state index contributed by atoms with van der Waals surface area (Å²) < 4.78 is 8.30. The van der Waals surface area contributed by atoms with Gasteiger partial charge in [-0.05, 0) is 82.9 Å². The summed E-state index contributed by atoms with van der Waals surface area (Å²) in [5, 5.41) is 9.71. The van der Waals surface area contributed by atoms with Crippen molar-refractivity contribution in [1.82, 2.24) is 19.7 Å². The van der Waals surface area contributed by atoms with E-state index in [1.54, 1.807) is 0 Å². The zero-order valence-electron chi connectivity index (χ0n) is 21.6. The van der Waals surface area contributed by atoms with Gasteiger partial charge in [-0.15, -0.1) is 10.2 Å². The fraction of sp³-hybridized carbons (Fsp3) is 0.0882. The van der Waals surface area contributed by atoms with Crippen molar-refractivity contribution in [2.24, 2.45) is 0 Å². The average molecular weight is 505 g/mol. The summed E-state index contributed by atoms with van der Waals surface area (Å²) in [5.41, 5.74) is 11.3. The van der Waals surface area contributed by atoms with Crippen molar-refractivity contribution >= 4 is 21.9 Å². The van der Waals surface area contributed by atoms with Crippen LogP contribution in [0.25, 0.3) is 61.7 Å². The van der Waals surface area contributed by atoms with Crippen LogP contribution in [0.5, 0.6) is 0 Å². The third-order valence-corrected chi connectivity index (χ3v) is 8.04. The first kappa shape index (κ1) is 22.0. The van der Waals surface area contributed by atoms with E-state index in [0.29, 0.717) is 11.8 Å². The predicted octanol–water partition coefficient (Wildman–Crippen LogP) is 8.20. The van der Waals surface area contributed by atoms with Crippen LogP contribution in [0.4, 0.5) is 0 Å². The number of aromatic nitrogens is 4. The number of pyridine rings is 1. The van der Waals surface area contributed by atoms with Crippen LogP contribution in [0.1, 0.15) is 25.0 Å². The molecule has 0 saturated carbocycles. The van der Waals surface area contributed by atoms with E-state index in [-0.39, 0.29) is 5.41 Å². The molecule has 186 valence electrons. The molecule has 7 aromatic rings. The molecule has 1 aliphatic carbocycles. The number of nitrogens with zero attached hydrogens (tertiary/aromatic N) is 4. The van der Waals surface area contributed by atoms with E-state index in [1.807, 2.05) is 54.7 Å². The lowest BCUT2D eigenvalue weighted by Crippen LogP contribution is -2.14. The maximum Gasteiger partial charge on any atom is 0.248 e. The van der Waals surface area contributed by atoms with Gasteiger partial charge in [0.25, 0.3) is 0 Å². The second-order valence-corrected chi connectivity index (χ2v) is 10.6. The molecule has 5 heteroatoms. The molecule has 0 aliphatic heterocycles. The van der Waals surface area contributed by atoms with Gasteiger partial charge < -0.3 is 8.98 Å². The van der Waals surface area contributed by atoms with Crippen LogP contribution in [-0.2, 0) is 5.41 Å². The van der Waals surface area contributed by atoms with Crippen molar-refractivity contribution in [3.05, 3.63) is 120 Å². The molecule has 8 rings (SSSR count). The van der Waals surface area contributed by atoms with Crippen LogP contribution < -0.4 is 0 Å². The highest BCUT2D eigenvalue weighted by Crippen LogP contribution is 2.50. The van der Waals surface area contributed by atoms with E-state index in [0.717, 1.165) is 33.4 Å². The van der Waals surface area contributed by atoms with Crippen molar-refractivity contribution in [3.8, 4) is 39.7 Å². The van der Waals surface area contributed by atoms with E-state index in [1.165, 1.54) is 27.6 Å². The third-order valence-electron chi connectivity index (χ3n) is 8.04. The predicted molar refractivity (Wildman–Crippen MR) is 155 cm³/mol. The molecule has 0 amide bonds. The standard InChI is InChI=1S/C34H24N4O/c1-34(2)27-12-7-6-11-24(27)25-20-30-26(19-28(25)34)31-29(13-8-18-35-31)38(30)23-16-14-22(15-17-23)33-37-36-32(39-33)21-9-4-3-5-10-21/h3-20H,1-2H3. The van der Waals surface area contributed by atoms with Gasteiger partial charge in [0.2, 0.25) is 11.8 Å². The van der Waals surface area contributed by atoms with E-state index >= 15 is 0 Å². The number of hydrogen-bond acceptors (Lipinski definition) is 4. The number of hydrogen-bond donors (Lipinski definition) is 0. The van der Waals surface area contributed by atoms with Crippen LogP contribution in [0, 0.1) is 0 Å². The normalized spacial score (nSPS) is 13.6. The molecule has 39 heavy (non-hydrogen) atoms. The lowest BCUT2D eigenvalue weighted by Gasteiger charge is -2.21. The molecule has 0 fully saturated rings. The SMILES string of the molecule is CC1(C)c2ccccc2-c2cc3c(cc21)c1ncccc1n3-c1ccc(-c2nnc(-c3ccccc3)o2)cc1. The Bertz CT molecular complexity index is 2030. The Kier molecular flexibility index (Phi) is 4.50. The van der Waals surface area contributed by atoms with Crippen LogP contribution in [0.3, 0.4) is 0 Å². The average Bonchev–Trinajstić information content (AvgIpc) is 3.66. The Hall–Kier alpha value is -5.03. The summed E-state index contributed by atoms with van der Waals surface area (Å²) in [5.74, 6) is 1.01. The van der Waals surface area contributed by atoms with Gasteiger partial charge >= 0.3 is 0 Å². The lowest BCUT2D eigenvalue weighted by molar-refractivity contribution is 0.584. The van der Waals surface area contributed by atoms with Crippen molar-refractivity contribution in [2.75, 3.05) is 0 Å². The highest BCUT2D eigenvalue weighted by atomic mass is 16.4. The smallest absolute Gasteiger partial charge is 0.248 e.